The Kier molecular flexibility index (Phi) is 2.89. The summed E-state index contributed by atoms with van der Waals surface area (Å²) in [4.78, 5) is 0. The van der Waals surface area contributed by atoms with Crippen LogP contribution in [0.4, 0.5) is 0 Å². The Bertz CT molecular complexity index is 514. The SMILES string of the molecule is O[C@@]12CCCC[C@H]1[C@H](c1ccc3c(c1)OCO3)NCC2. The van der Waals surface area contributed by atoms with Gasteiger partial charge in [-0.1, -0.05) is 18.9 Å². The summed E-state index contributed by atoms with van der Waals surface area (Å²) in [6.07, 6.45) is 5.29. The molecule has 0 radical (unpaired) electrons. The zero-order chi connectivity index (χ0) is 13.6. The van der Waals surface area contributed by atoms with Gasteiger partial charge in [-0.05, 0) is 43.5 Å². The number of benzene rings is 1. The van der Waals surface area contributed by atoms with Crippen molar-refractivity contribution in [2.24, 2.45) is 5.92 Å². The standard InChI is InChI=1S/C16H21NO3/c18-16-6-2-1-3-12(16)15(17-8-7-16)11-4-5-13-14(9-11)20-10-19-13/h4-5,9,12,15,17-18H,1-3,6-8,10H2/t12-,15-,16+/m0/s1. The van der Waals surface area contributed by atoms with E-state index in [1.165, 1.54) is 12.0 Å². The number of rotatable bonds is 1. The summed E-state index contributed by atoms with van der Waals surface area (Å²) in [5.74, 6) is 1.96. The summed E-state index contributed by atoms with van der Waals surface area (Å²) in [7, 11) is 0. The molecule has 20 heavy (non-hydrogen) atoms. The largest absolute Gasteiger partial charge is 0.454 e. The van der Waals surface area contributed by atoms with Gasteiger partial charge in [0.15, 0.2) is 11.5 Å². The van der Waals surface area contributed by atoms with Gasteiger partial charge >= 0.3 is 0 Å². The molecule has 0 amide bonds. The van der Waals surface area contributed by atoms with Gasteiger partial charge in [-0.25, -0.2) is 0 Å². The Morgan fingerprint density at radius 3 is 3.00 bits per heavy atom. The van der Waals surface area contributed by atoms with Crippen molar-refractivity contribution in [1.82, 2.24) is 5.32 Å². The summed E-state index contributed by atoms with van der Waals surface area (Å²) in [5.41, 5.74) is 0.726. The molecule has 2 fully saturated rings. The minimum Gasteiger partial charge on any atom is -0.454 e. The third-order valence-corrected chi connectivity index (χ3v) is 5.15. The van der Waals surface area contributed by atoms with Crippen molar-refractivity contribution < 1.29 is 14.6 Å². The highest BCUT2D eigenvalue weighted by Gasteiger charge is 2.46. The third-order valence-electron chi connectivity index (χ3n) is 5.15. The number of nitrogens with one attached hydrogen (secondary N) is 1. The van der Waals surface area contributed by atoms with Gasteiger partial charge in [0.25, 0.3) is 0 Å². The molecule has 4 heteroatoms. The van der Waals surface area contributed by atoms with E-state index in [9.17, 15) is 5.11 Å². The van der Waals surface area contributed by atoms with Crippen LogP contribution in [0.15, 0.2) is 18.2 Å². The minimum atomic E-state index is -0.482. The second-order valence-corrected chi connectivity index (χ2v) is 6.25. The second-order valence-electron chi connectivity index (χ2n) is 6.25. The molecule has 0 spiro atoms. The smallest absolute Gasteiger partial charge is 0.231 e. The van der Waals surface area contributed by atoms with Gasteiger partial charge in [0.05, 0.1) is 5.60 Å². The van der Waals surface area contributed by atoms with E-state index in [2.05, 4.69) is 17.4 Å². The van der Waals surface area contributed by atoms with Gasteiger partial charge in [-0.2, -0.15) is 0 Å². The van der Waals surface area contributed by atoms with E-state index in [1.54, 1.807) is 0 Å². The molecular formula is C16H21NO3. The number of hydrogen-bond donors (Lipinski definition) is 2. The van der Waals surface area contributed by atoms with Crippen molar-refractivity contribution in [2.45, 2.75) is 43.7 Å². The Morgan fingerprint density at radius 1 is 1.15 bits per heavy atom. The molecule has 4 nitrogen and oxygen atoms in total. The summed E-state index contributed by atoms with van der Waals surface area (Å²) in [6, 6.07) is 6.38. The number of hydrogen-bond acceptors (Lipinski definition) is 4. The number of ether oxygens (including phenoxy) is 2. The van der Waals surface area contributed by atoms with Crippen molar-refractivity contribution in [3.8, 4) is 11.5 Å². The van der Waals surface area contributed by atoms with Crippen LogP contribution in [0, 0.1) is 5.92 Å². The van der Waals surface area contributed by atoms with Gasteiger partial charge in [-0.15, -0.1) is 0 Å². The average molecular weight is 275 g/mol. The molecule has 1 aliphatic carbocycles. The maximum atomic E-state index is 10.9. The van der Waals surface area contributed by atoms with Crippen molar-refractivity contribution in [1.29, 1.82) is 0 Å². The van der Waals surface area contributed by atoms with E-state index in [-0.39, 0.29) is 6.04 Å². The summed E-state index contributed by atoms with van der Waals surface area (Å²) >= 11 is 0. The van der Waals surface area contributed by atoms with Crippen LogP contribution in [0.25, 0.3) is 0 Å². The van der Waals surface area contributed by atoms with E-state index in [4.69, 9.17) is 9.47 Å². The molecule has 1 saturated heterocycles. The Morgan fingerprint density at radius 2 is 2.05 bits per heavy atom. The number of fused-ring (bicyclic) bond motifs is 2. The van der Waals surface area contributed by atoms with E-state index in [0.29, 0.717) is 12.7 Å². The quantitative estimate of drug-likeness (QED) is 0.826. The molecule has 3 aliphatic rings. The highest BCUT2D eigenvalue weighted by Crippen LogP contribution is 2.46. The maximum absolute atomic E-state index is 10.9. The Balaban J connectivity index is 1.66. The zero-order valence-corrected chi connectivity index (χ0v) is 11.6. The summed E-state index contributed by atoms with van der Waals surface area (Å²) in [6.45, 7) is 1.19. The molecule has 2 aliphatic heterocycles. The highest BCUT2D eigenvalue weighted by atomic mass is 16.7. The Labute approximate surface area is 119 Å². The lowest BCUT2D eigenvalue weighted by Crippen LogP contribution is -2.53. The van der Waals surface area contributed by atoms with Gasteiger partial charge in [0.2, 0.25) is 6.79 Å². The predicted molar refractivity (Wildman–Crippen MR) is 74.8 cm³/mol. The molecule has 1 aromatic carbocycles. The van der Waals surface area contributed by atoms with Crippen LogP contribution >= 0.6 is 0 Å². The average Bonchev–Trinajstić information content (AvgIpc) is 2.93. The fraction of sp³-hybridized carbons (Fsp3) is 0.625. The van der Waals surface area contributed by atoms with E-state index >= 15 is 0 Å². The van der Waals surface area contributed by atoms with Crippen molar-refractivity contribution in [2.75, 3.05) is 13.3 Å². The molecule has 4 rings (SSSR count). The summed E-state index contributed by atoms with van der Waals surface area (Å²) in [5, 5.41) is 14.5. The molecule has 108 valence electrons. The molecule has 1 saturated carbocycles. The van der Waals surface area contributed by atoms with Crippen LogP contribution in [0.2, 0.25) is 0 Å². The second kappa shape index (κ2) is 4.64. The van der Waals surface area contributed by atoms with Crippen molar-refractivity contribution >= 4 is 0 Å². The predicted octanol–water partition coefficient (Wildman–Crippen LogP) is 2.37. The van der Waals surface area contributed by atoms with Gasteiger partial charge in [-0.3, -0.25) is 0 Å². The van der Waals surface area contributed by atoms with Gasteiger partial charge in [0.1, 0.15) is 0 Å². The van der Waals surface area contributed by atoms with Crippen LogP contribution in [-0.2, 0) is 0 Å². The lowest BCUT2D eigenvalue weighted by molar-refractivity contribution is -0.0861. The fourth-order valence-corrected chi connectivity index (χ4v) is 4.08. The Hall–Kier alpha value is -1.26. The zero-order valence-electron chi connectivity index (χ0n) is 11.6. The first-order valence-corrected chi connectivity index (χ1v) is 7.62. The third kappa shape index (κ3) is 1.90. The summed E-state index contributed by atoms with van der Waals surface area (Å²) < 4.78 is 10.9. The van der Waals surface area contributed by atoms with Crippen LogP contribution in [-0.4, -0.2) is 24.0 Å². The maximum Gasteiger partial charge on any atom is 0.231 e. The van der Waals surface area contributed by atoms with Crippen LogP contribution in [0.3, 0.4) is 0 Å². The van der Waals surface area contributed by atoms with Crippen LogP contribution < -0.4 is 14.8 Å². The first-order valence-electron chi connectivity index (χ1n) is 7.62. The molecule has 2 heterocycles. The van der Waals surface area contributed by atoms with Crippen molar-refractivity contribution in [3.63, 3.8) is 0 Å². The van der Waals surface area contributed by atoms with Gasteiger partial charge < -0.3 is 19.9 Å². The van der Waals surface area contributed by atoms with Crippen LogP contribution in [0.1, 0.15) is 43.7 Å². The lowest BCUT2D eigenvalue weighted by Gasteiger charge is -2.48. The monoisotopic (exact) mass is 275 g/mol. The van der Waals surface area contributed by atoms with E-state index < -0.39 is 5.60 Å². The first kappa shape index (κ1) is 12.5. The number of aliphatic hydroxyl groups is 1. The molecule has 1 aromatic rings. The lowest BCUT2D eigenvalue weighted by atomic mass is 9.67. The topological polar surface area (TPSA) is 50.7 Å². The number of piperidine rings is 1. The van der Waals surface area contributed by atoms with Crippen LogP contribution in [0.5, 0.6) is 11.5 Å². The fourth-order valence-electron chi connectivity index (χ4n) is 4.08. The first-order chi connectivity index (χ1) is 9.76. The highest BCUT2D eigenvalue weighted by molar-refractivity contribution is 5.45. The molecule has 0 aromatic heterocycles. The van der Waals surface area contributed by atoms with Gasteiger partial charge in [0, 0.05) is 12.0 Å². The van der Waals surface area contributed by atoms with Crippen molar-refractivity contribution in [3.05, 3.63) is 23.8 Å². The molecule has 0 unspecified atom stereocenters. The molecule has 2 N–H and O–H groups in total. The minimum absolute atomic E-state index is 0.226. The van der Waals surface area contributed by atoms with E-state index in [0.717, 1.165) is 43.7 Å². The molecular weight excluding hydrogens is 254 g/mol. The molecule has 3 atom stereocenters. The van der Waals surface area contributed by atoms with E-state index in [1.807, 2.05) is 6.07 Å². The normalized spacial score (nSPS) is 35.6. The molecule has 0 bridgehead atoms.